The second-order valence-electron chi connectivity index (χ2n) is 2.52. The van der Waals surface area contributed by atoms with Gasteiger partial charge in [-0.25, -0.2) is 0 Å². The summed E-state index contributed by atoms with van der Waals surface area (Å²) >= 11 is 6.79. The summed E-state index contributed by atoms with van der Waals surface area (Å²) in [6.07, 6.45) is 2.12. The molecular weight excluding hydrogens is 176 g/mol. The zero-order valence-corrected chi connectivity index (χ0v) is 8.94. The Hall–Kier alpha value is 0.0400. The Balaban J connectivity index is 3.29. The molecule has 0 radical (unpaired) electrons. The molecule has 66 valence electrons. The molecule has 0 aromatic carbocycles. The maximum Gasteiger partial charge on any atom is 0.166 e. The number of thiocarbonyl (C=S) groups is 1. The topological polar surface area (TPSA) is 24.1 Å². The second kappa shape index (κ2) is 6.73. The first-order valence-electron chi connectivity index (χ1n) is 3.65. The monoisotopic (exact) mass is 192 g/mol. The van der Waals surface area contributed by atoms with E-state index in [-0.39, 0.29) is 0 Å². The van der Waals surface area contributed by atoms with Gasteiger partial charge in [0.2, 0.25) is 0 Å². The van der Waals surface area contributed by atoms with Gasteiger partial charge in [0.15, 0.2) is 5.11 Å². The Morgan fingerprint density at radius 1 is 1.64 bits per heavy atom. The van der Waals surface area contributed by atoms with E-state index in [1.165, 1.54) is 5.75 Å². The number of thioether (sulfide) groups is 1. The highest BCUT2D eigenvalue weighted by atomic mass is 32.2. The summed E-state index contributed by atoms with van der Waals surface area (Å²) in [5, 5.41) is 6.73. The van der Waals surface area contributed by atoms with Gasteiger partial charge in [-0.3, -0.25) is 0 Å². The smallest absolute Gasteiger partial charge is 0.166 e. The van der Waals surface area contributed by atoms with Crippen molar-refractivity contribution in [3.8, 4) is 0 Å². The number of nitrogens with one attached hydrogen (secondary N) is 2. The zero-order valence-electron chi connectivity index (χ0n) is 7.31. The third kappa shape index (κ3) is 6.44. The molecule has 0 fully saturated rings. The van der Waals surface area contributed by atoms with E-state index in [0.29, 0.717) is 5.92 Å². The fourth-order valence-electron chi connectivity index (χ4n) is 0.699. The quantitative estimate of drug-likeness (QED) is 0.651. The van der Waals surface area contributed by atoms with Crippen molar-refractivity contribution >= 4 is 29.1 Å². The van der Waals surface area contributed by atoms with Crippen LogP contribution in [-0.4, -0.2) is 30.7 Å². The molecule has 11 heavy (non-hydrogen) atoms. The minimum Gasteiger partial charge on any atom is -0.366 e. The van der Waals surface area contributed by atoms with Crippen molar-refractivity contribution in [2.45, 2.75) is 6.92 Å². The van der Waals surface area contributed by atoms with Gasteiger partial charge in [0, 0.05) is 13.6 Å². The summed E-state index contributed by atoms with van der Waals surface area (Å²) in [5.74, 6) is 1.86. The van der Waals surface area contributed by atoms with Crippen LogP contribution >= 0.6 is 24.0 Å². The lowest BCUT2D eigenvalue weighted by Gasteiger charge is -2.11. The van der Waals surface area contributed by atoms with Crippen molar-refractivity contribution in [3.05, 3.63) is 0 Å². The standard InChI is InChI=1S/C7H16N2S2/c1-6(5-11-3)4-9-7(10)8-2/h6H,4-5H2,1-3H3,(H2,8,9,10). The van der Waals surface area contributed by atoms with Crippen LogP contribution in [0.15, 0.2) is 0 Å². The molecule has 2 nitrogen and oxygen atoms in total. The van der Waals surface area contributed by atoms with Crippen LogP contribution < -0.4 is 10.6 Å². The number of hydrogen-bond acceptors (Lipinski definition) is 2. The Bertz CT molecular complexity index is 117. The van der Waals surface area contributed by atoms with Gasteiger partial charge in [0.25, 0.3) is 0 Å². The Morgan fingerprint density at radius 2 is 2.27 bits per heavy atom. The second-order valence-corrected chi connectivity index (χ2v) is 3.84. The van der Waals surface area contributed by atoms with E-state index in [9.17, 15) is 0 Å². The lowest BCUT2D eigenvalue weighted by atomic mass is 10.2. The first kappa shape index (κ1) is 11.0. The predicted octanol–water partition coefficient (Wildman–Crippen LogP) is 1.08. The van der Waals surface area contributed by atoms with Crippen molar-refractivity contribution < 1.29 is 0 Å². The molecule has 0 aliphatic carbocycles. The van der Waals surface area contributed by atoms with Gasteiger partial charge >= 0.3 is 0 Å². The van der Waals surface area contributed by atoms with E-state index in [1.54, 1.807) is 0 Å². The van der Waals surface area contributed by atoms with Gasteiger partial charge in [-0.2, -0.15) is 11.8 Å². The minimum absolute atomic E-state index is 0.677. The zero-order chi connectivity index (χ0) is 8.69. The molecule has 1 unspecified atom stereocenters. The minimum atomic E-state index is 0.677. The van der Waals surface area contributed by atoms with Crippen molar-refractivity contribution in [2.75, 3.05) is 25.6 Å². The van der Waals surface area contributed by atoms with Crippen LogP contribution in [0.5, 0.6) is 0 Å². The van der Waals surface area contributed by atoms with Crippen LogP contribution in [0.25, 0.3) is 0 Å². The molecule has 0 aliphatic heterocycles. The first-order valence-corrected chi connectivity index (χ1v) is 5.45. The van der Waals surface area contributed by atoms with Crippen LogP contribution in [0.1, 0.15) is 6.92 Å². The highest BCUT2D eigenvalue weighted by molar-refractivity contribution is 7.98. The average molecular weight is 192 g/mol. The maximum absolute atomic E-state index is 4.93. The molecule has 2 N–H and O–H groups in total. The van der Waals surface area contributed by atoms with Gasteiger partial charge < -0.3 is 10.6 Å². The molecule has 0 heterocycles. The van der Waals surface area contributed by atoms with E-state index in [1.807, 2.05) is 18.8 Å². The Labute approximate surface area is 78.5 Å². The SMILES string of the molecule is CNC(=S)NCC(C)CSC. The lowest BCUT2D eigenvalue weighted by Crippen LogP contribution is -2.35. The van der Waals surface area contributed by atoms with Crippen LogP contribution in [0, 0.1) is 5.92 Å². The molecule has 0 saturated heterocycles. The molecule has 0 spiro atoms. The van der Waals surface area contributed by atoms with Crippen LogP contribution in [-0.2, 0) is 0 Å². The van der Waals surface area contributed by atoms with Crippen LogP contribution in [0.3, 0.4) is 0 Å². The molecule has 4 heteroatoms. The van der Waals surface area contributed by atoms with Crippen molar-refractivity contribution in [3.63, 3.8) is 0 Å². The Kier molecular flexibility index (Phi) is 6.76. The maximum atomic E-state index is 4.93. The summed E-state index contributed by atoms with van der Waals surface area (Å²) in [6.45, 7) is 3.17. The highest BCUT2D eigenvalue weighted by Gasteiger charge is 2.00. The highest BCUT2D eigenvalue weighted by Crippen LogP contribution is 2.02. The molecule has 0 saturated carbocycles. The van der Waals surface area contributed by atoms with Gasteiger partial charge in [-0.1, -0.05) is 6.92 Å². The lowest BCUT2D eigenvalue weighted by molar-refractivity contribution is 0.633. The number of hydrogen-bond donors (Lipinski definition) is 2. The summed E-state index contributed by atoms with van der Waals surface area (Å²) in [4.78, 5) is 0. The summed E-state index contributed by atoms with van der Waals surface area (Å²) < 4.78 is 0. The van der Waals surface area contributed by atoms with Gasteiger partial charge in [0.1, 0.15) is 0 Å². The molecule has 0 aliphatic rings. The van der Waals surface area contributed by atoms with Crippen molar-refractivity contribution in [2.24, 2.45) is 5.92 Å². The Morgan fingerprint density at radius 3 is 2.73 bits per heavy atom. The third-order valence-corrected chi connectivity index (χ3v) is 2.54. The fraction of sp³-hybridized carbons (Fsp3) is 0.857. The van der Waals surface area contributed by atoms with E-state index in [2.05, 4.69) is 23.8 Å². The number of rotatable bonds is 4. The van der Waals surface area contributed by atoms with E-state index in [4.69, 9.17) is 12.2 Å². The van der Waals surface area contributed by atoms with Crippen molar-refractivity contribution in [1.29, 1.82) is 0 Å². The fourth-order valence-corrected chi connectivity index (χ4v) is 1.47. The largest absolute Gasteiger partial charge is 0.366 e. The molecule has 0 rings (SSSR count). The van der Waals surface area contributed by atoms with Crippen LogP contribution in [0.4, 0.5) is 0 Å². The van der Waals surface area contributed by atoms with Gasteiger partial charge in [0.05, 0.1) is 0 Å². The third-order valence-electron chi connectivity index (χ3n) is 1.29. The molecule has 0 bridgehead atoms. The molecule has 1 atom stereocenters. The summed E-state index contributed by atoms with van der Waals surface area (Å²) in [7, 11) is 1.83. The van der Waals surface area contributed by atoms with E-state index >= 15 is 0 Å². The van der Waals surface area contributed by atoms with Crippen LogP contribution in [0.2, 0.25) is 0 Å². The average Bonchev–Trinajstić information content (AvgIpc) is 2.01. The van der Waals surface area contributed by atoms with Crippen molar-refractivity contribution in [1.82, 2.24) is 10.6 Å². The predicted molar refractivity (Wildman–Crippen MR) is 57.2 cm³/mol. The van der Waals surface area contributed by atoms with E-state index < -0.39 is 0 Å². The first-order chi connectivity index (χ1) is 5.20. The van der Waals surface area contributed by atoms with Gasteiger partial charge in [-0.15, -0.1) is 0 Å². The van der Waals surface area contributed by atoms with Gasteiger partial charge in [-0.05, 0) is 30.1 Å². The summed E-state index contributed by atoms with van der Waals surface area (Å²) in [5.41, 5.74) is 0. The molecule has 0 aromatic heterocycles. The molecular formula is C7H16N2S2. The molecule has 0 aromatic rings. The summed E-state index contributed by atoms with van der Waals surface area (Å²) in [6, 6.07) is 0. The van der Waals surface area contributed by atoms with E-state index in [0.717, 1.165) is 11.7 Å². The normalized spacial score (nSPS) is 12.3. The molecule has 0 amide bonds.